The van der Waals surface area contributed by atoms with Crippen molar-refractivity contribution >= 4 is 23.2 Å². The molecule has 2 fully saturated rings. The zero-order valence-corrected chi connectivity index (χ0v) is 21.0. The molecule has 2 amide bonds. The van der Waals surface area contributed by atoms with Crippen LogP contribution in [0.2, 0.25) is 0 Å². The summed E-state index contributed by atoms with van der Waals surface area (Å²) >= 11 is 1.57. The number of ether oxygens (including phenoxy) is 2. The van der Waals surface area contributed by atoms with Crippen LogP contribution in [0.1, 0.15) is 43.1 Å². The summed E-state index contributed by atoms with van der Waals surface area (Å²) in [5, 5.41) is 2.95. The second kappa shape index (κ2) is 11.4. The summed E-state index contributed by atoms with van der Waals surface area (Å²) in [5.74, 6) is 0.182. The van der Waals surface area contributed by atoms with Gasteiger partial charge in [0.1, 0.15) is 0 Å². The fourth-order valence-electron chi connectivity index (χ4n) is 4.54. The molecule has 4 heterocycles. The Kier molecular flexibility index (Phi) is 8.28. The van der Waals surface area contributed by atoms with E-state index in [4.69, 9.17) is 9.47 Å². The number of rotatable bonds is 7. The molecular formula is C25H34N4O4S. The van der Waals surface area contributed by atoms with Crippen LogP contribution >= 0.6 is 11.3 Å². The van der Waals surface area contributed by atoms with Gasteiger partial charge in [-0.15, -0.1) is 11.3 Å². The van der Waals surface area contributed by atoms with Gasteiger partial charge >= 0.3 is 0 Å². The van der Waals surface area contributed by atoms with Crippen LogP contribution in [-0.2, 0) is 32.2 Å². The number of hydrogen-bond donors (Lipinski definition) is 0. The molecule has 0 bridgehead atoms. The largest absolute Gasteiger partial charge is 0.378 e. The number of aromatic nitrogens is 2. The van der Waals surface area contributed by atoms with Crippen molar-refractivity contribution in [3.05, 3.63) is 46.2 Å². The molecule has 2 saturated heterocycles. The molecule has 0 unspecified atom stereocenters. The van der Waals surface area contributed by atoms with Crippen LogP contribution in [0.4, 0.5) is 0 Å². The van der Waals surface area contributed by atoms with E-state index in [-0.39, 0.29) is 36.5 Å². The van der Waals surface area contributed by atoms with Gasteiger partial charge in [0, 0.05) is 37.2 Å². The van der Waals surface area contributed by atoms with Crippen LogP contribution in [-0.4, -0.2) is 70.0 Å². The fourth-order valence-corrected chi connectivity index (χ4v) is 5.15. The number of amides is 2. The Morgan fingerprint density at radius 3 is 2.85 bits per heavy atom. The van der Waals surface area contributed by atoms with Crippen LogP contribution in [0.3, 0.4) is 0 Å². The molecule has 2 aliphatic rings. The zero-order chi connectivity index (χ0) is 24.1. The predicted molar refractivity (Wildman–Crippen MR) is 129 cm³/mol. The summed E-state index contributed by atoms with van der Waals surface area (Å²) in [6.45, 7) is 8.38. The average Bonchev–Trinajstić information content (AvgIpc) is 3.18. The highest BCUT2D eigenvalue weighted by Crippen LogP contribution is 2.27. The lowest BCUT2D eigenvalue weighted by Crippen LogP contribution is -2.45. The second-order valence-electron chi connectivity index (χ2n) is 9.48. The van der Waals surface area contributed by atoms with Crippen molar-refractivity contribution in [2.45, 2.75) is 59.0 Å². The smallest absolute Gasteiger partial charge is 0.242 e. The Bertz CT molecular complexity index is 967. The van der Waals surface area contributed by atoms with Gasteiger partial charge in [0.15, 0.2) is 0 Å². The van der Waals surface area contributed by atoms with Crippen molar-refractivity contribution in [3.8, 4) is 0 Å². The van der Waals surface area contributed by atoms with E-state index in [0.29, 0.717) is 51.6 Å². The first-order valence-corrected chi connectivity index (χ1v) is 12.9. The van der Waals surface area contributed by atoms with Gasteiger partial charge < -0.3 is 19.3 Å². The Morgan fingerprint density at radius 1 is 1.29 bits per heavy atom. The summed E-state index contributed by atoms with van der Waals surface area (Å²) < 4.78 is 12.1. The highest BCUT2D eigenvalue weighted by Gasteiger charge is 2.36. The number of hydrogen-bond acceptors (Lipinski definition) is 7. The van der Waals surface area contributed by atoms with Crippen LogP contribution in [0, 0.1) is 18.8 Å². The van der Waals surface area contributed by atoms with E-state index in [1.54, 1.807) is 27.3 Å². The molecule has 2 aromatic rings. The third-order valence-corrected chi connectivity index (χ3v) is 7.28. The summed E-state index contributed by atoms with van der Waals surface area (Å²) in [6.07, 6.45) is 2.89. The molecule has 0 aliphatic carbocycles. The Balaban J connectivity index is 1.48. The highest BCUT2D eigenvalue weighted by atomic mass is 32.1. The Morgan fingerprint density at radius 2 is 2.15 bits per heavy atom. The molecule has 4 rings (SSSR count). The van der Waals surface area contributed by atoms with Crippen molar-refractivity contribution in [3.63, 3.8) is 0 Å². The van der Waals surface area contributed by atoms with Gasteiger partial charge in [-0.1, -0.05) is 19.9 Å². The molecule has 3 atom stereocenters. The van der Waals surface area contributed by atoms with Crippen LogP contribution in [0.25, 0.3) is 0 Å². The zero-order valence-electron chi connectivity index (χ0n) is 20.2. The first-order valence-electron chi connectivity index (χ1n) is 12.0. The van der Waals surface area contributed by atoms with Crippen molar-refractivity contribution < 1.29 is 19.1 Å². The van der Waals surface area contributed by atoms with Crippen molar-refractivity contribution in [1.29, 1.82) is 0 Å². The highest BCUT2D eigenvalue weighted by molar-refractivity contribution is 7.09. The first-order chi connectivity index (χ1) is 16.4. The van der Waals surface area contributed by atoms with Gasteiger partial charge in [-0.05, 0) is 37.8 Å². The summed E-state index contributed by atoms with van der Waals surface area (Å²) in [7, 11) is 0. The maximum Gasteiger partial charge on any atom is 0.242 e. The van der Waals surface area contributed by atoms with E-state index in [1.165, 1.54) is 0 Å². The van der Waals surface area contributed by atoms with Gasteiger partial charge in [-0.3, -0.25) is 14.6 Å². The van der Waals surface area contributed by atoms with E-state index in [1.807, 2.05) is 30.5 Å². The van der Waals surface area contributed by atoms with Crippen molar-refractivity contribution in [2.24, 2.45) is 11.8 Å². The van der Waals surface area contributed by atoms with E-state index in [2.05, 4.69) is 23.8 Å². The topological polar surface area (TPSA) is 84.9 Å². The molecule has 0 spiro atoms. The van der Waals surface area contributed by atoms with E-state index in [0.717, 1.165) is 16.4 Å². The van der Waals surface area contributed by atoms with Gasteiger partial charge in [0.25, 0.3) is 0 Å². The molecular weight excluding hydrogens is 452 g/mol. The maximum atomic E-state index is 13.5. The summed E-state index contributed by atoms with van der Waals surface area (Å²) in [4.78, 5) is 39.1. The number of aryl methyl sites for hydroxylation is 1. The first kappa shape index (κ1) is 24.8. The number of carbonyl (C=O) groups is 2. The fraction of sp³-hybridized carbons (Fsp3) is 0.600. The molecule has 34 heavy (non-hydrogen) atoms. The lowest BCUT2D eigenvalue weighted by molar-refractivity contribution is -0.146. The molecule has 184 valence electrons. The standard InChI is InChI=1S/C25H34N4O4S/c1-17(2)23-10-19(7-9-32-23)25(31)29-13-22(33-15-20-6-4-5-8-26-20)12-28(24(30)14-29)11-21-16-34-18(3)27-21/h4-6,8,16-17,19,22-23H,7,9-15H2,1-3H3/t19-,22+,23-/m1/s1. The predicted octanol–water partition coefficient (Wildman–Crippen LogP) is 3.05. The average molecular weight is 487 g/mol. The molecule has 2 aromatic heterocycles. The number of carbonyl (C=O) groups excluding carboxylic acids is 2. The van der Waals surface area contributed by atoms with Crippen LogP contribution in [0.5, 0.6) is 0 Å². The summed E-state index contributed by atoms with van der Waals surface area (Å²) in [5.41, 5.74) is 1.69. The lowest BCUT2D eigenvalue weighted by atomic mass is 9.89. The molecule has 0 aromatic carbocycles. The molecule has 8 nitrogen and oxygen atoms in total. The van der Waals surface area contributed by atoms with Crippen LogP contribution < -0.4 is 0 Å². The lowest BCUT2D eigenvalue weighted by Gasteiger charge is -2.34. The van der Waals surface area contributed by atoms with Crippen molar-refractivity contribution in [2.75, 3.05) is 26.2 Å². The van der Waals surface area contributed by atoms with E-state index in [9.17, 15) is 9.59 Å². The number of thiazole rings is 1. The minimum atomic E-state index is -0.308. The third kappa shape index (κ3) is 6.40. The Labute approximate surface area is 205 Å². The molecule has 0 saturated carbocycles. The SMILES string of the molecule is Cc1nc(CN2C[C@H](OCc3ccccn3)CN(C(=O)[C@@H]3CCO[C@@H](C(C)C)C3)CC2=O)cs1. The molecule has 9 heteroatoms. The number of nitrogens with zero attached hydrogens (tertiary/aromatic N) is 4. The van der Waals surface area contributed by atoms with Gasteiger partial charge in [0.05, 0.1) is 48.3 Å². The third-order valence-electron chi connectivity index (χ3n) is 6.46. The minimum Gasteiger partial charge on any atom is -0.378 e. The molecule has 2 aliphatic heterocycles. The Hall–Kier alpha value is -2.36. The quantitative estimate of drug-likeness (QED) is 0.598. The van der Waals surface area contributed by atoms with Gasteiger partial charge in [-0.2, -0.15) is 0 Å². The van der Waals surface area contributed by atoms with Gasteiger partial charge in [0.2, 0.25) is 11.8 Å². The van der Waals surface area contributed by atoms with Crippen molar-refractivity contribution in [1.82, 2.24) is 19.8 Å². The van der Waals surface area contributed by atoms with E-state index >= 15 is 0 Å². The van der Waals surface area contributed by atoms with Crippen LogP contribution in [0.15, 0.2) is 29.8 Å². The van der Waals surface area contributed by atoms with E-state index < -0.39 is 0 Å². The number of pyridine rings is 1. The monoisotopic (exact) mass is 486 g/mol. The minimum absolute atomic E-state index is 0.0279. The molecule has 0 N–H and O–H groups in total. The molecule has 0 radical (unpaired) electrons. The summed E-state index contributed by atoms with van der Waals surface area (Å²) in [6, 6.07) is 5.70. The normalized spacial score (nSPS) is 23.9. The second-order valence-corrected chi connectivity index (χ2v) is 10.5. The van der Waals surface area contributed by atoms with Gasteiger partial charge in [-0.25, -0.2) is 4.98 Å². The maximum absolute atomic E-state index is 13.5.